The first kappa shape index (κ1) is 18.7. The number of methoxy groups -OCH3 is 2. The third-order valence-corrected chi connectivity index (χ3v) is 4.68. The first-order valence-corrected chi connectivity index (χ1v) is 8.85. The highest BCUT2D eigenvalue weighted by Crippen LogP contribution is 2.28. The zero-order valence-electron chi connectivity index (χ0n) is 15.5. The summed E-state index contributed by atoms with van der Waals surface area (Å²) < 4.78 is 10.6. The molecule has 3 rings (SSSR count). The van der Waals surface area contributed by atoms with Gasteiger partial charge in [-0.25, -0.2) is 0 Å². The molecule has 142 valence electrons. The molecule has 2 amide bonds. The van der Waals surface area contributed by atoms with Gasteiger partial charge < -0.3 is 19.7 Å². The number of hydrogen-bond donors (Lipinski definition) is 1. The van der Waals surface area contributed by atoms with Gasteiger partial charge in [0.25, 0.3) is 11.8 Å². The van der Waals surface area contributed by atoms with Gasteiger partial charge in [-0.15, -0.1) is 0 Å². The Kier molecular flexibility index (Phi) is 5.90. The normalized spacial score (nSPS) is 14.5. The fourth-order valence-electron chi connectivity index (χ4n) is 3.23. The second-order valence-corrected chi connectivity index (χ2v) is 6.32. The third kappa shape index (κ3) is 4.19. The lowest BCUT2D eigenvalue weighted by Crippen LogP contribution is -2.46. The maximum atomic E-state index is 12.7. The van der Waals surface area contributed by atoms with E-state index in [1.807, 2.05) is 0 Å². The third-order valence-electron chi connectivity index (χ3n) is 4.68. The van der Waals surface area contributed by atoms with Gasteiger partial charge in [-0.3, -0.25) is 14.6 Å². The second-order valence-electron chi connectivity index (χ2n) is 6.32. The summed E-state index contributed by atoms with van der Waals surface area (Å²) in [6, 6.07) is 8.74. The minimum atomic E-state index is -0.235. The number of amides is 2. The van der Waals surface area contributed by atoms with Crippen LogP contribution in [0.4, 0.5) is 0 Å². The van der Waals surface area contributed by atoms with E-state index in [1.165, 1.54) is 14.2 Å². The predicted octanol–water partition coefficient (Wildman–Crippen LogP) is 2.13. The highest BCUT2D eigenvalue weighted by molar-refractivity contribution is 6.00. The number of pyridine rings is 1. The Bertz CT molecular complexity index is 780. The summed E-state index contributed by atoms with van der Waals surface area (Å²) in [5, 5.41) is 3.03. The molecule has 0 unspecified atom stereocenters. The van der Waals surface area contributed by atoms with Crippen LogP contribution in [0.3, 0.4) is 0 Å². The van der Waals surface area contributed by atoms with Crippen molar-refractivity contribution in [2.75, 3.05) is 27.3 Å². The van der Waals surface area contributed by atoms with Crippen molar-refractivity contribution < 1.29 is 19.1 Å². The monoisotopic (exact) mass is 369 g/mol. The summed E-state index contributed by atoms with van der Waals surface area (Å²) in [5.74, 6) is 0.674. The van der Waals surface area contributed by atoms with Crippen LogP contribution in [0.2, 0.25) is 0 Å². The summed E-state index contributed by atoms with van der Waals surface area (Å²) in [4.78, 5) is 31.0. The van der Waals surface area contributed by atoms with Gasteiger partial charge in [0.05, 0.1) is 19.8 Å². The first-order chi connectivity index (χ1) is 13.1. The molecule has 7 heteroatoms. The van der Waals surface area contributed by atoms with E-state index >= 15 is 0 Å². The molecule has 1 N–H and O–H groups in total. The number of likely N-dealkylation sites (tertiary alicyclic amines) is 1. The Morgan fingerprint density at radius 3 is 2.30 bits per heavy atom. The number of nitrogens with zero attached hydrogens (tertiary/aromatic N) is 2. The van der Waals surface area contributed by atoms with E-state index in [2.05, 4.69) is 10.3 Å². The van der Waals surface area contributed by atoms with Crippen LogP contribution >= 0.6 is 0 Å². The molecule has 2 heterocycles. The van der Waals surface area contributed by atoms with E-state index in [0.717, 1.165) is 0 Å². The molecule has 1 aromatic heterocycles. The van der Waals surface area contributed by atoms with Crippen molar-refractivity contribution in [3.05, 3.63) is 53.9 Å². The average Bonchev–Trinajstić information content (AvgIpc) is 2.73. The Balaban J connectivity index is 1.61. The average molecular weight is 369 g/mol. The number of piperidine rings is 1. The van der Waals surface area contributed by atoms with Gasteiger partial charge in [0, 0.05) is 31.5 Å². The number of aromatic nitrogens is 1. The second kappa shape index (κ2) is 8.53. The summed E-state index contributed by atoms with van der Waals surface area (Å²) in [5.41, 5.74) is 0.968. The highest BCUT2D eigenvalue weighted by Gasteiger charge is 2.26. The molecule has 1 aliphatic heterocycles. The lowest BCUT2D eigenvalue weighted by molar-refractivity contribution is 0.0697. The van der Waals surface area contributed by atoms with Gasteiger partial charge in [0.1, 0.15) is 17.1 Å². The van der Waals surface area contributed by atoms with Gasteiger partial charge in [-0.2, -0.15) is 0 Å². The van der Waals surface area contributed by atoms with Crippen LogP contribution in [-0.4, -0.2) is 55.0 Å². The van der Waals surface area contributed by atoms with Crippen LogP contribution in [0, 0.1) is 0 Å². The number of carbonyl (C=O) groups is 2. The Morgan fingerprint density at radius 1 is 1.07 bits per heavy atom. The molecular formula is C20H23N3O4. The topological polar surface area (TPSA) is 80.8 Å². The largest absolute Gasteiger partial charge is 0.496 e. The number of benzene rings is 1. The standard InChI is InChI=1S/C20H23N3O4/c1-26-16-6-3-7-17(27-2)18(16)19(24)22-15-8-11-23(12-9-15)20(25)14-5-4-10-21-13-14/h3-7,10,13,15H,8-9,11-12H2,1-2H3,(H,22,24). The fourth-order valence-corrected chi connectivity index (χ4v) is 3.23. The van der Waals surface area contributed by atoms with Crippen molar-refractivity contribution in [2.45, 2.75) is 18.9 Å². The molecule has 0 radical (unpaired) electrons. The molecule has 1 fully saturated rings. The lowest BCUT2D eigenvalue weighted by Gasteiger charge is -2.32. The molecule has 1 saturated heterocycles. The molecule has 1 aliphatic rings. The van der Waals surface area contributed by atoms with Gasteiger partial charge in [-0.05, 0) is 37.1 Å². The van der Waals surface area contributed by atoms with E-state index in [-0.39, 0.29) is 17.9 Å². The smallest absolute Gasteiger partial charge is 0.259 e. The molecule has 0 aliphatic carbocycles. The van der Waals surface area contributed by atoms with Crippen molar-refractivity contribution in [3.63, 3.8) is 0 Å². The zero-order valence-corrected chi connectivity index (χ0v) is 15.5. The summed E-state index contributed by atoms with van der Waals surface area (Å²) in [7, 11) is 3.04. The van der Waals surface area contributed by atoms with Crippen LogP contribution in [0.5, 0.6) is 11.5 Å². The van der Waals surface area contributed by atoms with E-state index < -0.39 is 0 Å². The van der Waals surface area contributed by atoms with Gasteiger partial charge in [0.15, 0.2) is 0 Å². The molecule has 27 heavy (non-hydrogen) atoms. The van der Waals surface area contributed by atoms with E-state index in [1.54, 1.807) is 47.6 Å². The molecule has 0 spiro atoms. The molecule has 7 nitrogen and oxygen atoms in total. The van der Waals surface area contributed by atoms with Crippen LogP contribution < -0.4 is 14.8 Å². The number of rotatable bonds is 5. The predicted molar refractivity (Wildman–Crippen MR) is 100 cm³/mol. The van der Waals surface area contributed by atoms with Gasteiger partial charge in [-0.1, -0.05) is 6.07 Å². The maximum Gasteiger partial charge on any atom is 0.259 e. The molecule has 0 atom stereocenters. The lowest BCUT2D eigenvalue weighted by atomic mass is 10.0. The van der Waals surface area contributed by atoms with Crippen molar-refractivity contribution in [1.29, 1.82) is 0 Å². The maximum absolute atomic E-state index is 12.7. The minimum Gasteiger partial charge on any atom is -0.496 e. The quantitative estimate of drug-likeness (QED) is 0.873. The van der Waals surface area contributed by atoms with Gasteiger partial charge in [0.2, 0.25) is 0 Å². The molecule has 2 aromatic rings. The summed E-state index contributed by atoms with van der Waals surface area (Å²) in [6.45, 7) is 1.17. The summed E-state index contributed by atoms with van der Waals surface area (Å²) >= 11 is 0. The van der Waals surface area contributed by atoms with E-state index in [9.17, 15) is 9.59 Å². The Labute approximate surface area is 158 Å². The fraction of sp³-hybridized carbons (Fsp3) is 0.350. The van der Waals surface area contributed by atoms with Crippen LogP contribution in [0.25, 0.3) is 0 Å². The van der Waals surface area contributed by atoms with Crippen LogP contribution in [-0.2, 0) is 0 Å². The number of ether oxygens (including phenoxy) is 2. The van der Waals surface area contributed by atoms with Crippen molar-refractivity contribution in [1.82, 2.24) is 15.2 Å². The van der Waals surface area contributed by atoms with E-state index in [0.29, 0.717) is 48.6 Å². The van der Waals surface area contributed by atoms with E-state index in [4.69, 9.17) is 9.47 Å². The number of nitrogens with one attached hydrogen (secondary N) is 1. The van der Waals surface area contributed by atoms with Crippen molar-refractivity contribution in [2.24, 2.45) is 0 Å². The number of carbonyl (C=O) groups excluding carboxylic acids is 2. The minimum absolute atomic E-state index is 0.00920. The number of hydrogen-bond acceptors (Lipinski definition) is 5. The van der Waals surface area contributed by atoms with Gasteiger partial charge >= 0.3 is 0 Å². The zero-order chi connectivity index (χ0) is 19.2. The molecule has 0 saturated carbocycles. The molecule has 0 bridgehead atoms. The SMILES string of the molecule is COc1cccc(OC)c1C(=O)NC1CCN(C(=O)c2cccnc2)CC1. The Hall–Kier alpha value is -3.09. The van der Waals surface area contributed by atoms with Crippen molar-refractivity contribution >= 4 is 11.8 Å². The highest BCUT2D eigenvalue weighted by atomic mass is 16.5. The Morgan fingerprint density at radius 2 is 1.74 bits per heavy atom. The molecular weight excluding hydrogens is 346 g/mol. The molecule has 1 aromatic carbocycles. The van der Waals surface area contributed by atoms with Crippen LogP contribution in [0.15, 0.2) is 42.7 Å². The van der Waals surface area contributed by atoms with Crippen LogP contribution in [0.1, 0.15) is 33.6 Å². The first-order valence-electron chi connectivity index (χ1n) is 8.85. The van der Waals surface area contributed by atoms with Crippen molar-refractivity contribution in [3.8, 4) is 11.5 Å². The summed E-state index contributed by atoms with van der Waals surface area (Å²) in [6.07, 6.45) is 4.60.